The molecule has 1 aliphatic rings. The SMILES string of the molecule is CCCN(CC(N)=NO)S(=O)(=O)NC1CC1. The van der Waals surface area contributed by atoms with Crippen molar-refractivity contribution in [3.63, 3.8) is 0 Å². The second-order valence-electron chi connectivity index (χ2n) is 3.82. The molecule has 0 aromatic carbocycles. The monoisotopic (exact) mass is 250 g/mol. The summed E-state index contributed by atoms with van der Waals surface area (Å²) >= 11 is 0. The number of nitrogens with zero attached hydrogens (tertiary/aromatic N) is 2. The Morgan fingerprint density at radius 2 is 2.25 bits per heavy atom. The first-order chi connectivity index (χ1) is 7.49. The molecule has 0 aliphatic heterocycles. The molecule has 0 heterocycles. The first-order valence-corrected chi connectivity index (χ1v) is 6.67. The fraction of sp³-hybridized carbons (Fsp3) is 0.875. The summed E-state index contributed by atoms with van der Waals surface area (Å²) in [5.74, 6) is -0.116. The molecule has 0 spiro atoms. The molecule has 1 rings (SSSR count). The molecule has 0 atom stereocenters. The van der Waals surface area contributed by atoms with Gasteiger partial charge in [-0.3, -0.25) is 0 Å². The Kier molecular flexibility index (Phi) is 4.51. The maximum atomic E-state index is 11.8. The molecule has 4 N–H and O–H groups in total. The van der Waals surface area contributed by atoms with E-state index < -0.39 is 10.2 Å². The highest BCUT2D eigenvalue weighted by Gasteiger charge is 2.31. The molecule has 0 amide bonds. The number of hydrogen-bond acceptors (Lipinski definition) is 4. The lowest BCUT2D eigenvalue weighted by molar-refractivity contribution is 0.314. The van der Waals surface area contributed by atoms with Gasteiger partial charge in [0.2, 0.25) is 0 Å². The highest BCUT2D eigenvalue weighted by atomic mass is 32.2. The van der Waals surface area contributed by atoms with Gasteiger partial charge < -0.3 is 10.9 Å². The van der Waals surface area contributed by atoms with Crippen molar-refractivity contribution in [2.75, 3.05) is 13.1 Å². The number of nitrogens with two attached hydrogens (primary N) is 1. The van der Waals surface area contributed by atoms with E-state index in [1.165, 1.54) is 4.31 Å². The summed E-state index contributed by atoms with van der Waals surface area (Å²) in [5.41, 5.74) is 5.31. The molecule has 7 nitrogen and oxygen atoms in total. The van der Waals surface area contributed by atoms with Gasteiger partial charge in [0, 0.05) is 12.6 Å². The topological polar surface area (TPSA) is 108 Å². The third-order valence-corrected chi connectivity index (χ3v) is 3.80. The van der Waals surface area contributed by atoms with Crippen molar-refractivity contribution in [1.82, 2.24) is 9.03 Å². The molecule has 0 aromatic rings. The molecule has 0 radical (unpaired) electrons. The molecule has 0 aromatic heterocycles. The third-order valence-electron chi connectivity index (χ3n) is 2.17. The molecule has 16 heavy (non-hydrogen) atoms. The highest BCUT2D eigenvalue weighted by molar-refractivity contribution is 7.87. The first-order valence-electron chi connectivity index (χ1n) is 5.23. The second kappa shape index (κ2) is 5.46. The van der Waals surface area contributed by atoms with Crippen LogP contribution in [0.25, 0.3) is 0 Å². The lowest BCUT2D eigenvalue weighted by atomic mass is 10.4. The molecular formula is C8H18N4O3S. The Bertz CT molecular complexity index is 350. The Labute approximate surface area is 95.5 Å². The molecule has 94 valence electrons. The van der Waals surface area contributed by atoms with Crippen molar-refractivity contribution in [1.29, 1.82) is 0 Å². The molecule has 1 aliphatic carbocycles. The van der Waals surface area contributed by atoms with E-state index in [-0.39, 0.29) is 18.4 Å². The Morgan fingerprint density at radius 1 is 1.62 bits per heavy atom. The van der Waals surface area contributed by atoms with E-state index in [4.69, 9.17) is 10.9 Å². The quantitative estimate of drug-likeness (QED) is 0.243. The fourth-order valence-electron chi connectivity index (χ4n) is 1.23. The van der Waals surface area contributed by atoms with Crippen LogP contribution in [0.4, 0.5) is 0 Å². The van der Waals surface area contributed by atoms with Gasteiger partial charge >= 0.3 is 0 Å². The van der Waals surface area contributed by atoms with Crippen LogP contribution in [0.3, 0.4) is 0 Å². The van der Waals surface area contributed by atoms with Crippen LogP contribution in [-0.4, -0.2) is 42.9 Å². The van der Waals surface area contributed by atoms with Crippen LogP contribution in [0.1, 0.15) is 26.2 Å². The summed E-state index contributed by atoms with van der Waals surface area (Å²) in [6.45, 7) is 2.12. The van der Waals surface area contributed by atoms with Crippen molar-refractivity contribution >= 4 is 16.0 Å². The predicted molar refractivity (Wildman–Crippen MR) is 60.4 cm³/mol. The minimum atomic E-state index is -3.52. The highest BCUT2D eigenvalue weighted by Crippen LogP contribution is 2.20. The van der Waals surface area contributed by atoms with Crippen LogP contribution >= 0.6 is 0 Å². The largest absolute Gasteiger partial charge is 0.409 e. The summed E-state index contributed by atoms with van der Waals surface area (Å²) < 4.78 is 27.4. The van der Waals surface area contributed by atoms with Crippen molar-refractivity contribution in [3.8, 4) is 0 Å². The van der Waals surface area contributed by atoms with Crippen molar-refractivity contribution in [3.05, 3.63) is 0 Å². The normalized spacial score (nSPS) is 18.0. The van der Waals surface area contributed by atoms with Gasteiger partial charge in [-0.2, -0.15) is 17.4 Å². The molecule has 0 saturated heterocycles. The Balaban J connectivity index is 2.66. The summed E-state index contributed by atoms with van der Waals surface area (Å²) in [6.07, 6.45) is 2.43. The molecule has 8 heteroatoms. The zero-order valence-electron chi connectivity index (χ0n) is 9.26. The fourth-order valence-corrected chi connectivity index (χ4v) is 2.76. The number of amidine groups is 1. The lowest BCUT2D eigenvalue weighted by Gasteiger charge is -2.20. The van der Waals surface area contributed by atoms with E-state index in [1.54, 1.807) is 0 Å². The lowest BCUT2D eigenvalue weighted by Crippen LogP contribution is -2.45. The molecule has 1 saturated carbocycles. The predicted octanol–water partition coefficient (Wildman–Crippen LogP) is -0.558. The maximum absolute atomic E-state index is 11.8. The summed E-state index contributed by atoms with van der Waals surface area (Å²) in [5, 5.41) is 11.2. The molecule has 1 fully saturated rings. The van der Waals surface area contributed by atoms with E-state index in [0.29, 0.717) is 13.0 Å². The van der Waals surface area contributed by atoms with Crippen LogP contribution in [0.15, 0.2) is 5.16 Å². The van der Waals surface area contributed by atoms with Gasteiger partial charge in [-0.05, 0) is 19.3 Å². The summed E-state index contributed by atoms with van der Waals surface area (Å²) in [4.78, 5) is 0. The standard InChI is InChI=1S/C8H18N4O3S/c1-2-5-12(6-8(9)10-13)16(14,15)11-7-3-4-7/h7,11,13H,2-6H2,1H3,(H2,9,10). The third kappa shape index (κ3) is 3.95. The van der Waals surface area contributed by atoms with Crippen LogP contribution in [0.2, 0.25) is 0 Å². The Morgan fingerprint density at radius 3 is 2.69 bits per heavy atom. The molecule has 0 unspecified atom stereocenters. The molecule has 0 bridgehead atoms. The van der Waals surface area contributed by atoms with Crippen molar-refractivity contribution in [2.24, 2.45) is 10.9 Å². The average molecular weight is 250 g/mol. The number of hydrogen-bond donors (Lipinski definition) is 3. The van der Waals surface area contributed by atoms with Gasteiger partial charge in [0.15, 0.2) is 5.84 Å². The number of rotatable bonds is 7. The van der Waals surface area contributed by atoms with Crippen LogP contribution < -0.4 is 10.5 Å². The zero-order valence-corrected chi connectivity index (χ0v) is 10.1. The van der Waals surface area contributed by atoms with E-state index in [9.17, 15) is 8.42 Å². The van der Waals surface area contributed by atoms with Gasteiger partial charge in [-0.1, -0.05) is 12.1 Å². The van der Waals surface area contributed by atoms with Crippen molar-refractivity contribution in [2.45, 2.75) is 32.2 Å². The van der Waals surface area contributed by atoms with Gasteiger partial charge in [0.05, 0.1) is 6.54 Å². The van der Waals surface area contributed by atoms with Crippen LogP contribution in [0, 0.1) is 0 Å². The van der Waals surface area contributed by atoms with Gasteiger partial charge in [-0.25, -0.2) is 0 Å². The average Bonchev–Trinajstić information content (AvgIpc) is 3.00. The minimum absolute atomic E-state index is 0.0524. The number of oxime groups is 1. The summed E-state index contributed by atoms with van der Waals surface area (Å²) in [6, 6.07) is 0.0524. The van der Waals surface area contributed by atoms with E-state index in [0.717, 1.165) is 12.8 Å². The van der Waals surface area contributed by atoms with E-state index >= 15 is 0 Å². The first kappa shape index (κ1) is 13.2. The Hall–Kier alpha value is -0.860. The van der Waals surface area contributed by atoms with Crippen LogP contribution in [0.5, 0.6) is 0 Å². The minimum Gasteiger partial charge on any atom is -0.409 e. The smallest absolute Gasteiger partial charge is 0.280 e. The number of nitrogens with one attached hydrogen (secondary N) is 1. The second-order valence-corrected chi connectivity index (χ2v) is 5.52. The van der Waals surface area contributed by atoms with Gasteiger partial charge in [-0.15, -0.1) is 0 Å². The summed E-state index contributed by atoms with van der Waals surface area (Å²) in [7, 11) is -3.52. The van der Waals surface area contributed by atoms with Crippen molar-refractivity contribution < 1.29 is 13.6 Å². The maximum Gasteiger partial charge on any atom is 0.280 e. The zero-order chi connectivity index (χ0) is 12.2. The van der Waals surface area contributed by atoms with E-state index in [2.05, 4.69) is 9.88 Å². The van der Waals surface area contributed by atoms with Gasteiger partial charge in [0.25, 0.3) is 10.2 Å². The molecular weight excluding hydrogens is 232 g/mol. The van der Waals surface area contributed by atoms with E-state index in [1.807, 2.05) is 6.92 Å². The van der Waals surface area contributed by atoms with Gasteiger partial charge in [0.1, 0.15) is 0 Å². The van der Waals surface area contributed by atoms with Crippen LogP contribution in [-0.2, 0) is 10.2 Å².